The van der Waals surface area contributed by atoms with Crippen LogP contribution < -0.4 is 5.32 Å². The van der Waals surface area contributed by atoms with E-state index in [1.54, 1.807) is 0 Å². The summed E-state index contributed by atoms with van der Waals surface area (Å²) in [5.74, 6) is 1.04. The van der Waals surface area contributed by atoms with Crippen LogP contribution in [0.1, 0.15) is 17.8 Å². The first-order valence-corrected chi connectivity index (χ1v) is 5.26. The maximum absolute atomic E-state index is 4.19. The van der Waals surface area contributed by atoms with E-state index in [1.807, 2.05) is 13.2 Å². The van der Waals surface area contributed by atoms with Crippen molar-refractivity contribution < 1.29 is 0 Å². The van der Waals surface area contributed by atoms with Crippen LogP contribution in [0.15, 0.2) is 18.3 Å². The van der Waals surface area contributed by atoms with Crippen molar-refractivity contribution in [1.82, 2.24) is 19.9 Å². The Bertz CT molecular complexity index is 447. The van der Waals surface area contributed by atoms with Crippen molar-refractivity contribution in [3.05, 3.63) is 29.7 Å². The molecule has 0 amide bonds. The van der Waals surface area contributed by atoms with Crippen molar-refractivity contribution in [1.29, 1.82) is 0 Å². The summed E-state index contributed by atoms with van der Waals surface area (Å²) in [5, 5.41) is 11.5. The molecule has 2 aromatic heterocycles. The highest BCUT2D eigenvalue weighted by Gasteiger charge is 2.03. The molecule has 2 heterocycles. The van der Waals surface area contributed by atoms with E-state index in [0.717, 1.165) is 30.9 Å². The zero-order chi connectivity index (χ0) is 10.7. The summed E-state index contributed by atoms with van der Waals surface area (Å²) < 4.78 is 2.06. The predicted octanol–water partition coefficient (Wildman–Crippen LogP) is 1.19. The Morgan fingerprint density at radius 2 is 2.27 bits per heavy atom. The summed E-state index contributed by atoms with van der Waals surface area (Å²) >= 11 is 0. The summed E-state index contributed by atoms with van der Waals surface area (Å²) in [5.41, 5.74) is 2.16. The average Bonchev–Trinajstić information content (AvgIpc) is 2.61. The number of pyridine rings is 1. The maximum atomic E-state index is 4.19. The molecule has 4 heteroatoms. The number of hydrogen-bond acceptors (Lipinski definition) is 3. The first-order chi connectivity index (χ1) is 7.31. The Labute approximate surface area is 89.3 Å². The predicted molar refractivity (Wildman–Crippen MR) is 60.0 cm³/mol. The molecule has 0 unspecified atom stereocenters. The Hall–Kier alpha value is -1.42. The van der Waals surface area contributed by atoms with E-state index in [9.17, 15) is 0 Å². The van der Waals surface area contributed by atoms with Crippen LogP contribution in [0.25, 0.3) is 5.65 Å². The fraction of sp³-hybridized carbons (Fsp3) is 0.455. The highest BCUT2D eigenvalue weighted by Crippen LogP contribution is 2.07. The minimum atomic E-state index is 0.939. The van der Waals surface area contributed by atoms with Crippen molar-refractivity contribution >= 4 is 5.65 Å². The Morgan fingerprint density at radius 3 is 3.07 bits per heavy atom. The van der Waals surface area contributed by atoms with Gasteiger partial charge in [-0.05, 0) is 44.6 Å². The van der Waals surface area contributed by atoms with Gasteiger partial charge < -0.3 is 5.32 Å². The van der Waals surface area contributed by atoms with Gasteiger partial charge in [0.25, 0.3) is 0 Å². The third-order valence-corrected chi connectivity index (χ3v) is 2.46. The van der Waals surface area contributed by atoms with Crippen LogP contribution in [0, 0.1) is 6.92 Å². The first-order valence-electron chi connectivity index (χ1n) is 5.26. The van der Waals surface area contributed by atoms with Crippen LogP contribution in [-0.4, -0.2) is 28.2 Å². The largest absolute Gasteiger partial charge is 0.320 e. The average molecular weight is 204 g/mol. The standard InChI is InChI=1S/C11H16N4/c1-9-5-7-15-10(4-3-6-12-2)13-14-11(15)8-9/h5,7-8,12H,3-4,6H2,1-2H3. The van der Waals surface area contributed by atoms with Crippen LogP contribution in [0.5, 0.6) is 0 Å². The number of aryl methyl sites for hydroxylation is 2. The lowest BCUT2D eigenvalue weighted by Crippen LogP contribution is -2.09. The highest BCUT2D eigenvalue weighted by atomic mass is 15.2. The van der Waals surface area contributed by atoms with Crippen LogP contribution in [0.3, 0.4) is 0 Å². The first kappa shape index (κ1) is 10.1. The molecule has 4 nitrogen and oxygen atoms in total. The molecule has 0 aliphatic rings. The van der Waals surface area contributed by atoms with Crippen LogP contribution in [0.4, 0.5) is 0 Å². The molecule has 0 spiro atoms. The van der Waals surface area contributed by atoms with E-state index in [-0.39, 0.29) is 0 Å². The number of aromatic nitrogens is 3. The van der Waals surface area contributed by atoms with Gasteiger partial charge in [0.05, 0.1) is 0 Å². The van der Waals surface area contributed by atoms with E-state index >= 15 is 0 Å². The molecule has 0 bridgehead atoms. The Balaban J connectivity index is 2.21. The number of rotatable bonds is 4. The normalized spacial score (nSPS) is 11.1. The topological polar surface area (TPSA) is 42.2 Å². The molecule has 0 aliphatic carbocycles. The molecular formula is C11H16N4. The van der Waals surface area contributed by atoms with Crippen molar-refractivity contribution in [2.75, 3.05) is 13.6 Å². The minimum absolute atomic E-state index is 0.939. The number of fused-ring (bicyclic) bond motifs is 1. The second kappa shape index (κ2) is 4.40. The SMILES string of the molecule is CNCCCc1nnc2cc(C)ccn12. The molecule has 2 rings (SSSR count). The van der Waals surface area contributed by atoms with Gasteiger partial charge in [-0.25, -0.2) is 0 Å². The molecule has 0 aromatic carbocycles. The lowest BCUT2D eigenvalue weighted by Gasteiger charge is -2.00. The summed E-state index contributed by atoms with van der Waals surface area (Å²) in [6, 6.07) is 4.13. The summed E-state index contributed by atoms with van der Waals surface area (Å²) in [7, 11) is 1.96. The van der Waals surface area contributed by atoms with Gasteiger partial charge in [0, 0.05) is 12.6 Å². The molecule has 0 atom stereocenters. The van der Waals surface area contributed by atoms with Crippen LogP contribution >= 0.6 is 0 Å². The number of hydrogen-bond donors (Lipinski definition) is 1. The van der Waals surface area contributed by atoms with Gasteiger partial charge in [-0.1, -0.05) is 0 Å². The van der Waals surface area contributed by atoms with Gasteiger partial charge in [0.2, 0.25) is 0 Å². The third-order valence-electron chi connectivity index (χ3n) is 2.46. The van der Waals surface area contributed by atoms with Gasteiger partial charge in [-0.2, -0.15) is 0 Å². The van der Waals surface area contributed by atoms with E-state index < -0.39 is 0 Å². The molecule has 15 heavy (non-hydrogen) atoms. The molecule has 0 aliphatic heterocycles. The third kappa shape index (κ3) is 2.15. The Kier molecular flexibility index (Phi) is 2.97. The number of nitrogens with zero attached hydrogens (tertiary/aromatic N) is 3. The van der Waals surface area contributed by atoms with Gasteiger partial charge in [-0.3, -0.25) is 4.40 Å². The van der Waals surface area contributed by atoms with Crippen molar-refractivity contribution in [3.8, 4) is 0 Å². The maximum Gasteiger partial charge on any atom is 0.161 e. The van der Waals surface area contributed by atoms with Crippen molar-refractivity contribution in [2.24, 2.45) is 0 Å². The summed E-state index contributed by atoms with van der Waals surface area (Å²) in [6.07, 6.45) is 4.09. The molecule has 2 aromatic rings. The quantitative estimate of drug-likeness (QED) is 0.761. The van der Waals surface area contributed by atoms with Crippen LogP contribution in [0.2, 0.25) is 0 Å². The second-order valence-corrected chi connectivity index (χ2v) is 3.76. The van der Waals surface area contributed by atoms with E-state index in [1.165, 1.54) is 5.56 Å². The zero-order valence-electron chi connectivity index (χ0n) is 9.20. The van der Waals surface area contributed by atoms with Gasteiger partial charge in [-0.15, -0.1) is 10.2 Å². The van der Waals surface area contributed by atoms with E-state index in [4.69, 9.17) is 0 Å². The van der Waals surface area contributed by atoms with Gasteiger partial charge in [0.15, 0.2) is 5.65 Å². The minimum Gasteiger partial charge on any atom is -0.320 e. The van der Waals surface area contributed by atoms with Crippen molar-refractivity contribution in [2.45, 2.75) is 19.8 Å². The van der Waals surface area contributed by atoms with Crippen LogP contribution in [-0.2, 0) is 6.42 Å². The zero-order valence-corrected chi connectivity index (χ0v) is 9.20. The molecule has 80 valence electrons. The smallest absolute Gasteiger partial charge is 0.161 e. The molecule has 1 N–H and O–H groups in total. The highest BCUT2D eigenvalue weighted by molar-refractivity contribution is 5.40. The Morgan fingerprint density at radius 1 is 1.40 bits per heavy atom. The summed E-state index contributed by atoms with van der Waals surface area (Å²) in [6.45, 7) is 3.08. The van der Waals surface area contributed by atoms with Crippen molar-refractivity contribution in [3.63, 3.8) is 0 Å². The molecular weight excluding hydrogens is 188 g/mol. The molecule has 0 saturated heterocycles. The molecule has 0 fully saturated rings. The molecule has 0 saturated carbocycles. The lowest BCUT2D eigenvalue weighted by molar-refractivity contribution is 0.697. The number of nitrogens with one attached hydrogen (secondary N) is 1. The monoisotopic (exact) mass is 204 g/mol. The fourth-order valence-corrected chi connectivity index (χ4v) is 1.64. The van der Waals surface area contributed by atoms with E-state index in [2.05, 4.69) is 39.0 Å². The van der Waals surface area contributed by atoms with E-state index in [0.29, 0.717) is 0 Å². The fourth-order valence-electron chi connectivity index (χ4n) is 1.64. The molecule has 0 radical (unpaired) electrons. The van der Waals surface area contributed by atoms with Gasteiger partial charge >= 0.3 is 0 Å². The van der Waals surface area contributed by atoms with Gasteiger partial charge in [0.1, 0.15) is 5.82 Å². The second-order valence-electron chi connectivity index (χ2n) is 3.76. The summed E-state index contributed by atoms with van der Waals surface area (Å²) in [4.78, 5) is 0. The lowest BCUT2D eigenvalue weighted by atomic mass is 10.3.